The summed E-state index contributed by atoms with van der Waals surface area (Å²) in [7, 11) is 0. The number of rotatable bonds is 2. The lowest BCUT2D eigenvalue weighted by Crippen LogP contribution is -2.06. The molecular formula is C12H15Br. The molecule has 0 aliphatic heterocycles. The molecule has 1 aromatic rings. The van der Waals surface area contributed by atoms with Crippen molar-refractivity contribution in [1.82, 2.24) is 0 Å². The van der Waals surface area contributed by atoms with Crippen molar-refractivity contribution in [3.05, 3.63) is 33.8 Å². The van der Waals surface area contributed by atoms with Gasteiger partial charge in [0.25, 0.3) is 0 Å². The van der Waals surface area contributed by atoms with Crippen molar-refractivity contribution < 1.29 is 0 Å². The predicted octanol–water partition coefficient (Wildman–Crippen LogP) is 4.20. The van der Waals surface area contributed by atoms with Gasteiger partial charge in [-0.05, 0) is 54.9 Å². The normalized spacial score (nSPS) is 18.7. The van der Waals surface area contributed by atoms with Gasteiger partial charge in [-0.3, -0.25) is 0 Å². The van der Waals surface area contributed by atoms with Crippen LogP contribution < -0.4 is 0 Å². The summed E-state index contributed by atoms with van der Waals surface area (Å²) in [5.41, 5.74) is 3.54. The Morgan fingerprint density at radius 2 is 2.08 bits per heavy atom. The highest BCUT2D eigenvalue weighted by atomic mass is 79.9. The lowest BCUT2D eigenvalue weighted by Gasteiger charge is -2.16. The van der Waals surface area contributed by atoms with Gasteiger partial charge in [0.15, 0.2) is 0 Å². The maximum atomic E-state index is 3.55. The van der Waals surface area contributed by atoms with Gasteiger partial charge in [-0.25, -0.2) is 0 Å². The van der Waals surface area contributed by atoms with Crippen LogP contribution in [-0.4, -0.2) is 0 Å². The lowest BCUT2D eigenvalue weighted by molar-refractivity contribution is 0.659. The van der Waals surface area contributed by atoms with Crippen molar-refractivity contribution in [2.75, 3.05) is 0 Å². The van der Waals surface area contributed by atoms with Gasteiger partial charge in [-0.15, -0.1) is 0 Å². The van der Waals surface area contributed by atoms with Crippen LogP contribution in [0.5, 0.6) is 0 Å². The number of benzene rings is 1. The molecule has 0 radical (unpaired) electrons. The smallest absolute Gasteiger partial charge is 0.0178 e. The SMILES string of the molecule is CCC1(c2cc(Br)ccc2C)CC1. The Balaban J connectivity index is 2.44. The molecule has 0 aromatic heterocycles. The summed E-state index contributed by atoms with van der Waals surface area (Å²) < 4.78 is 1.22. The summed E-state index contributed by atoms with van der Waals surface area (Å²) in [6, 6.07) is 6.64. The van der Waals surface area contributed by atoms with Crippen LogP contribution in [0.2, 0.25) is 0 Å². The molecule has 0 N–H and O–H groups in total. The second-order valence-corrected chi connectivity index (χ2v) is 5.01. The lowest BCUT2D eigenvalue weighted by atomic mass is 9.90. The monoisotopic (exact) mass is 238 g/mol. The molecule has 0 saturated heterocycles. The van der Waals surface area contributed by atoms with E-state index in [1.54, 1.807) is 5.56 Å². The summed E-state index contributed by atoms with van der Waals surface area (Å²) in [4.78, 5) is 0. The molecule has 0 amide bonds. The third-order valence-electron chi connectivity index (χ3n) is 3.30. The fraction of sp³-hybridized carbons (Fsp3) is 0.500. The van der Waals surface area contributed by atoms with Gasteiger partial charge >= 0.3 is 0 Å². The van der Waals surface area contributed by atoms with Crippen LogP contribution in [0.4, 0.5) is 0 Å². The van der Waals surface area contributed by atoms with E-state index in [1.165, 1.54) is 29.3 Å². The van der Waals surface area contributed by atoms with Gasteiger partial charge in [-0.1, -0.05) is 28.9 Å². The Labute approximate surface area is 88.5 Å². The van der Waals surface area contributed by atoms with E-state index in [9.17, 15) is 0 Å². The van der Waals surface area contributed by atoms with Gasteiger partial charge in [0, 0.05) is 4.47 Å². The first-order valence-corrected chi connectivity index (χ1v) is 5.74. The number of hydrogen-bond acceptors (Lipinski definition) is 0. The van der Waals surface area contributed by atoms with Crippen LogP contribution in [0, 0.1) is 6.92 Å². The molecule has 0 heterocycles. The van der Waals surface area contributed by atoms with E-state index < -0.39 is 0 Å². The highest BCUT2D eigenvalue weighted by Crippen LogP contribution is 2.52. The van der Waals surface area contributed by atoms with Gasteiger partial charge in [0.1, 0.15) is 0 Å². The van der Waals surface area contributed by atoms with E-state index in [2.05, 4.69) is 48.0 Å². The van der Waals surface area contributed by atoms with Crippen molar-refractivity contribution in [1.29, 1.82) is 0 Å². The van der Waals surface area contributed by atoms with Crippen LogP contribution in [0.3, 0.4) is 0 Å². The number of aryl methyl sites for hydroxylation is 1. The van der Waals surface area contributed by atoms with Crippen molar-refractivity contribution in [3.63, 3.8) is 0 Å². The quantitative estimate of drug-likeness (QED) is 0.725. The van der Waals surface area contributed by atoms with Crippen LogP contribution >= 0.6 is 15.9 Å². The number of hydrogen-bond donors (Lipinski definition) is 0. The topological polar surface area (TPSA) is 0 Å². The molecule has 1 fully saturated rings. The molecule has 0 spiro atoms. The van der Waals surface area contributed by atoms with Gasteiger partial charge in [0.05, 0.1) is 0 Å². The Bertz CT molecular complexity index is 324. The Kier molecular flexibility index (Phi) is 2.23. The van der Waals surface area contributed by atoms with Crippen LogP contribution in [0.25, 0.3) is 0 Å². The average Bonchev–Trinajstić information content (AvgIpc) is 2.90. The summed E-state index contributed by atoms with van der Waals surface area (Å²) in [6.07, 6.45) is 4.03. The first kappa shape index (κ1) is 9.26. The first-order chi connectivity index (χ1) is 6.18. The second kappa shape index (κ2) is 3.13. The molecular weight excluding hydrogens is 224 g/mol. The zero-order valence-electron chi connectivity index (χ0n) is 8.23. The second-order valence-electron chi connectivity index (χ2n) is 4.09. The Morgan fingerprint density at radius 3 is 2.62 bits per heavy atom. The van der Waals surface area contributed by atoms with E-state index in [0.29, 0.717) is 5.41 Å². The van der Waals surface area contributed by atoms with E-state index in [1.807, 2.05) is 0 Å². The summed E-state index contributed by atoms with van der Waals surface area (Å²) in [6.45, 7) is 4.52. The summed E-state index contributed by atoms with van der Waals surface area (Å²) >= 11 is 3.55. The average molecular weight is 239 g/mol. The highest BCUT2D eigenvalue weighted by Gasteiger charge is 2.43. The maximum Gasteiger partial charge on any atom is 0.0178 e. The van der Waals surface area contributed by atoms with Crippen LogP contribution in [-0.2, 0) is 5.41 Å². The zero-order chi connectivity index (χ0) is 9.47. The molecule has 0 bridgehead atoms. The standard InChI is InChI=1S/C12H15Br/c1-3-12(6-7-12)11-8-10(13)5-4-9(11)2/h4-5,8H,3,6-7H2,1-2H3. The molecule has 0 unspecified atom stereocenters. The molecule has 1 heteroatoms. The minimum absolute atomic E-state index is 0.536. The first-order valence-electron chi connectivity index (χ1n) is 4.94. The van der Waals surface area contributed by atoms with E-state index in [0.717, 1.165) is 0 Å². The van der Waals surface area contributed by atoms with Gasteiger partial charge in [-0.2, -0.15) is 0 Å². The van der Waals surface area contributed by atoms with E-state index >= 15 is 0 Å². The minimum atomic E-state index is 0.536. The maximum absolute atomic E-state index is 3.55. The Morgan fingerprint density at radius 1 is 1.38 bits per heavy atom. The highest BCUT2D eigenvalue weighted by molar-refractivity contribution is 9.10. The molecule has 2 rings (SSSR count). The third-order valence-corrected chi connectivity index (χ3v) is 3.79. The predicted molar refractivity (Wildman–Crippen MR) is 60.1 cm³/mol. The molecule has 13 heavy (non-hydrogen) atoms. The van der Waals surface area contributed by atoms with Crippen molar-refractivity contribution in [2.24, 2.45) is 0 Å². The largest absolute Gasteiger partial charge is 0.0645 e. The van der Waals surface area contributed by atoms with Crippen molar-refractivity contribution >= 4 is 15.9 Å². The fourth-order valence-electron chi connectivity index (χ4n) is 2.13. The molecule has 1 aromatic carbocycles. The Hall–Kier alpha value is -0.300. The summed E-state index contributed by atoms with van der Waals surface area (Å²) in [5.74, 6) is 0. The van der Waals surface area contributed by atoms with Crippen LogP contribution in [0.1, 0.15) is 37.3 Å². The van der Waals surface area contributed by atoms with Gasteiger partial charge in [0.2, 0.25) is 0 Å². The molecule has 1 saturated carbocycles. The molecule has 0 atom stereocenters. The van der Waals surface area contributed by atoms with E-state index in [4.69, 9.17) is 0 Å². The van der Waals surface area contributed by atoms with Crippen molar-refractivity contribution in [2.45, 2.75) is 38.5 Å². The summed E-state index contributed by atoms with van der Waals surface area (Å²) in [5, 5.41) is 0. The molecule has 1 aliphatic carbocycles. The number of halogens is 1. The minimum Gasteiger partial charge on any atom is -0.0645 e. The molecule has 0 nitrogen and oxygen atoms in total. The van der Waals surface area contributed by atoms with Gasteiger partial charge < -0.3 is 0 Å². The third kappa shape index (κ3) is 1.54. The van der Waals surface area contributed by atoms with Crippen LogP contribution in [0.15, 0.2) is 22.7 Å². The van der Waals surface area contributed by atoms with Crippen molar-refractivity contribution in [3.8, 4) is 0 Å². The molecule has 1 aliphatic rings. The fourth-order valence-corrected chi connectivity index (χ4v) is 2.49. The van der Waals surface area contributed by atoms with E-state index in [-0.39, 0.29) is 0 Å². The zero-order valence-corrected chi connectivity index (χ0v) is 9.82. The molecule has 70 valence electrons.